The van der Waals surface area contributed by atoms with Gasteiger partial charge in [-0.15, -0.1) is 0 Å². The Morgan fingerprint density at radius 1 is 1.24 bits per heavy atom. The van der Waals surface area contributed by atoms with E-state index in [9.17, 15) is 9.18 Å². The zero-order valence-electron chi connectivity index (χ0n) is 11.3. The second kappa shape index (κ2) is 6.53. The van der Waals surface area contributed by atoms with Crippen molar-refractivity contribution in [2.45, 2.75) is 6.54 Å². The molecular formula is C16H14FN3O. The number of hydrogen-bond acceptors (Lipinski definition) is 3. The van der Waals surface area contributed by atoms with Crippen molar-refractivity contribution in [2.75, 3.05) is 12.3 Å². The minimum atomic E-state index is -0.648. The number of rotatable bonds is 4. The molecule has 0 saturated carbocycles. The van der Waals surface area contributed by atoms with E-state index in [1.54, 1.807) is 0 Å². The second-order valence-corrected chi connectivity index (χ2v) is 4.54. The molecule has 0 bridgehead atoms. The molecule has 0 aliphatic heterocycles. The average Bonchev–Trinajstić information content (AvgIpc) is 2.49. The predicted octanol–water partition coefficient (Wildman–Crippen LogP) is 2.57. The molecule has 2 aromatic rings. The standard InChI is InChI=1S/C16H14FN3O/c17-15-7-6-13(19)10-14(15)16(21)20(9-8-18)11-12-4-2-1-3-5-12/h1-7,10H,9,11,19H2. The molecule has 21 heavy (non-hydrogen) atoms. The molecule has 1 amide bonds. The maximum Gasteiger partial charge on any atom is 0.258 e. The first-order valence-electron chi connectivity index (χ1n) is 6.37. The molecule has 0 atom stereocenters. The van der Waals surface area contributed by atoms with Gasteiger partial charge >= 0.3 is 0 Å². The van der Waals surface area contributed by atoms with E-state index >= 15 is 0 Å². The van der Waals surface area contributed by atoms with E-state index in [0.717, 1.165) is 11.6 Å². The lowest BCUT2D eigenvalue weighted by Crippen LogP contribution is -2.31. The third-order valence-electron chi connectivity index (χ3n) is 2.99. The molecule has 0 unspecified atom stereocenters. The van der Waals surface area contributed by atoms with Gasteiger partial charge in [-0.05, 0) is 23.8 Å². The molecule has 5 heteroatoms. The smallest absolute Gasteiger partial charge is 0.258 e. The SMILES string of the molecule is N#CCN(Cc1ccccc1)C(=O)c1cc(N)ccc1F. The zero-order valence-corrected chi connectivity index (χ0v) is 11.3. The number of nitriles is 1. The van der Waals surface area contributed by atoms with E-state index in [1.807, 2.05) is 36.4 Å². The summed E-state index contributed by atoms with van der Waals surface area (Å²) in [6.45, 7) is 0.115. The van der Waals surface area contributed by atoms with Gasteiger partial charge in [0, 0.05) is 12.2 Å². The molecule has 0 heterocycles. The highest BCUT2D eigenvalue weighted by molar-refractivity contribution is 5.95. The number of halogens is 1. The van der Waals surface area contributed by atoms with E-state index in [0.29, 0.717) is 5.69 Å². The molecule has 4 nitrogen and oxygen atoms in total. The Bertz CT molecular complexity index is 680. The highest BCUT2D eigenvalue weighted by Crippen LogP contribution is 2.16. The van der Waals surface area contributed by atoms with Crippen molar-refractivity contribution in [2.24, 2.45) is 0 Å². The lowest BCUT2D eigenvalue weighted by atomic mass is 10.1. The Kier molecular flexibility index (Phi) is 4.52. The summed E-state index contributed by atoms with van der Waals surface area (Å²) in [5.41, 5.74) is 6.63. The van der Waals surface area contributed by atoms with Crippen LogP contribution in [0.25, 0.3) is 0 Å². The summed E-state index contributed by atoms with van der Waals surface area (Å²) in [5.74, 6) is -1.20. The largest absolute Gasteiger partial charge is 0.399 e. The van der Waals surface area contributed by atoms with Gasteiger partial charge in [-0.3, -0.25) is 4.79 Å². The fourth-order valence-electron chi connectivity index (χ4n) is 1.97. The van der Waals surface area contributed by atoms with Crippen LogP contribution in [0.5, 0.6) is 0 Å². The predicted molar refractivity (Wildman–Crippen MR) is 77.6 cm³/mol. The molecule has 0 aliphatic rings. The fourth-order valence-corrected chi connectivity index (χ4v) is 1.97. The van der Waals surface area contributed by atoms with Crippen LogP contribution >= 0.6 is 0 Å². The van der Waals surface area contributed by atoms with Crippen molar-refractivity contribution in [1.82, 2.24) is 4.90 Å². The lowest BCUT2D eigenvalue weighted by molar-refractivity contribution is 0.0760. The van der Waals surface area contributed by atoms with Gasteiger partial charge in [0.15, 0.2) is 0 Å². The van der Waals surface area contributed by atoms with Gasteiger partial charge in [-0.25, -0.2) is 4.39 Å². The molecule has 106 valence electrons. The van der Waals surface area contributed by atoms with Crippen LogP contribution in [-0.2, 0) is 6.54 Å². The van der Waals surface area contributed by atoms with Gasteiger partial charge in [0.05, 0.1) is 11.6 Å². The topological polar surface area (TPSA) is 70.1 Å². The Morgan fingerprint density at radius 3 is 2.62 bits per heavy atom. The lowest BCUT2D eigenvalue weighted by Gasteiger charge is -2.20. The number of anilines is 1. The van der Waals surface area contributed by atoms with Crippen LogP contribution in [0.3, 0.4) is 0 Å². The Morgan fingerprint density at radius 2 is 1.95 bits per heavy atom. The van der Waals surface area contributed by atoms with Crippen LogP contribution in [0, 0.1) is 17.1 Å². The normalized spacial score (nSPS) is 9.90. The van der Waals surface area contributed by atoms with Crippen molar-refractivity contribution in [3.63, 3.8) is 0 Å². The van der Waals surface area contributed by atoms with Crippen LogP contribution in [0.4, 0.5) is 10.1 Å². The number of amides is 1. The van der Waals surface area contributed by atoms with E-state index in [4.69, 9.17) is 11.0 Å². The van der Waals surface area contributed by atoms with E-state index in [2.05, 4.69) is 0 Å². The Balaban J connectivity index is 2.27. The molecule has 0 fully saturated rings. The number of carbonyl (C=O) groups excluding carboxylic acids is 1. The molecule has 0 radical (unpaired) electrons. The van der Waals surface area contributed by atoms with Gasteiger partial charge in [0.1, 0.15) is 12.4 Å². The van der Waals surface area contributed by atoms with Gasteiger partial charge in [0.2, 0.25) is 0 Å². The van der Waals surface area contributed by atoms with Crippen LogP contribution in [0.15, 0.2) is 48.5 Å². The Hall–Kier alpha value is -2.87. The van der Waals surface area contributed by atoms with Gasteiger partial charge in [0.25, 0.3) is 5.91 Å². The Labute approximate surface area is 122 Å². The molecule has 2 N–H and O–H groups in total. The van der Waals surface area contributed by atoms with Gasteiger partial charge in [-0.2, -0.15) is 5.26 Å². The number of nitrogens with zero attached hydrogens (tertiary/aromatic N) is 2. The maximum atomic E-state index is 13.8. The van der Waals surface area contributed by atoms with Crippen LogP contribution in [0.2, 0.25) is 0 Å². The fraction of sp³-hybridized carbons (Fsp3) is 0.125. The van der Waals surface area contributed by atoms with Crippen molar-refractivity contribution in [1.29, 1.82) is 5.26 Å². The van der Waals surface area contributed by atoms with Gasteiger partial charge < -0.3 is 10.6 Å². The summed E-state index contributed by atoms with van der Waals surface area (Å²) in [6.07, 6.45) is 0. The third kappa shape index (κ3) is 3.57. The summed E-state index contributed by atoms with van der Waals surface area (Å²) in [7, 11) is 0. The summed E-state index contributed by atoms with van der Waals surface area (Å²) in [5, 5.41) is 8.87. The van der Waals surface area contributed by atoms with Crippen LogP contribution in [0.1, 0.15) is 15.9 Å². The monoisotopic (exact) mass is 283 g/mol. The third-order valence-corrected chi connectivity index (χ3v) is 2.99. The van der Waals surface area contributed by atoms with Crippen LogP contribution < -0.4 is 5.73 Å². The molecule has 0 spiro atoms. The van der Waals surface area contributed by atoms with E-state index < -0.39 is 11.7 Å². The number of benzene rings is 2. The first-order chi connectivity index (χ1) is 10.1. The van der Waals surface area contributed by atoms with E-state index in [1.165, 1.54) is 17.0 Å². The molecular weight excluding hydrogens is 269 g/mol. The average molecular weight is 283 g/mol. The number of hydrogen-bond donors (Lipinski definition) is 1. The summed E-state index contributed by atoms with van der Waals surface area (Å²) < 4.78 is 13.8. The summed E-state index contributed by atoms with van der Waals surface area (Å²) >= 11 is 0. The molecule has 0 saturated heterocycles. The van der Waals surface area contributed by atoms with Crippen molar-refractivity contribution in [3.05, 3.63) is 65.5 Å². The summed E-state index contributed by atoms with van der Waals surface area (Å²) in [6, 6.07) is 15.0. The zero-order chi connectivity index (χ0) is 15.2. The number of nitrogens with two attached hydrogens (primary N) is 1. The number of nitrogen functional groups attached to an aromatic ring is 1. The quantitative estimate of drug-likeness (QED) is 0.692. The first-order valence-corrected chi connectivity index (χ1v) is 6.37. The molecule has 2 aromatic carbocycles. The maximum absolute atomic E-state index is 13.8. The minimum absolute atomic E-state index is 0.123. The highest BCUT2D eigenvalue weighted by atomic mass is 19.1. The van der Waals surface area contributed by atoms with Crippen molar-refractivity contribution in [3.8, 4) is 6.07 Å². The van der Waals surface area contributed by atoms with Crippen molar-refractivity contribution >= 4 is 11.6 Å². The van der Waals surface area contributed by atoms with Crippen LogP contribution in [-0.4, -0.2) is 17.4 Å². The molecule has 2 rings (SSSR count). The second-order valence-electron chi connectivity index (χ2n) is 4.54. The minimum Gasteiger partial charge on any atom is -0.399 e. The van der Waals surface area contributed by atoms with E-state index in [-0.39, 0.29) is 18.7 Å². The molecule has 0 aromatic heterocycles. The number of carbonyl (C=O) groups is 1. The first kappa shape index (κ1) is 14.5. The molecule has 0 aliphatic carbocycles. The summed E-state index contributed by atoms with van der Waals surface area (Å²) in [4.78, 5) is 13.7. The van der Waals surface area contributed by atoms with Gasteiger partial charge in [-0.1, -0.05) is 30.3 Å². The van der Waals surface area contributed by atoms with Crippen molar-refractivity contribution < 1.29 is 9.18 Å². The highest BCUT2D eigenvalue weighted by Gasteiger charge is 2.19.